The van der Waals surface area contributed by atoms with Crippen LogP contribution >= 0.6 is 0 Å². The number of aromatic amines is 2. The molecule has 1 saturated carbocycles. The average molecular weight is 913 g/mol. The van der Waals surface area contributed by atoms with Crippen molar-refractivity contribution in [3.63, 3.8) is 0 Å². The molecule has 8 atom stereocenters. The summed E-state index contributed by atoms with van der Waals surface area (Å²) in [5.74, 6) is 2.05. The first kappa shape index (κ1) is 45.9. The van der Waals surface area contributed by atoms with Crippen LogP contribution in [0.3, 0.4) is 0 Å². The van der Waals surface area contributed by atoms with Gasteiger partial charge in [-0.05, 0) is 120 Å². The number of methoxy groups -OCH3 is 3. The lowest BCUT2D eigenvalue weighted by atomic mass is 9.81. The second-order valence-electron chi connectivity index (χ2n) is 19.8. The zero-order chi connectivity index (χ0) is 47.3. The lowest BCUT2D eigenvalue weighted by molar-refractivity contribution is -0.137. The molecule has 0 radical (unpaired) electrons. The lowest BCUT2D eigenvalue weighted by Crippen LogP contribution is -2.52. The third-order valence-electron chi connectivity index (χ3n) is 14.9. The van der Waals surface area contributed by atoms with Gasteiger partial charge in [0, 0.05) is 25.6 Å². The van der Waals surface area contributed by atoms with Crippen LogP contribution in [0.2, 0.25) is 0 Å². The minimum Gasteiger partial charge on any atom is -0.453 e. The molecule has 4 N–H and O–H groups in total. The Morgan fingerprint density at radius 1 is 0.716 bits per heavy atom. The zero-order valence-electron chi connectivity index (χ0n) is 39.9. The summed E-state index contributed by atoms with van der Waals surface area (Å²) in [5.41, 5.74) is 11.4. The number of likely N-dealkylation sites (tertiary alicyclic amines) is 2. The highest BCUT2D eigenvalue weighted by atomic mass is 16.5. The number of nitrogens with zero attached hydrogens (tertiary/aromatic N) is 4. The van der Waals surface area contributed by atoms with E-state index in [-0.39, 0.29) is 47.7 Å². The number of carbonyl (C=O) groups is 4. The molecule has 2 saturated heterocycles. The second-order valence-corrected chi connectivity index (χ2v) is 19.8. The van der Waals surface area contributed by atoms with Crippen LogP contribution < -0.4 is 10.6 Å². The molecule has 4 aliphatic rings. The minimum atomic E-state index is -0.738. The minimum absolute atomic E-state index is 0.00248. The van der Waals surface area contributed by atoms with E-state index < -0.39 is 24.3 Å². The van der Waals surface area contributed by atoms with Crippen molar-refractivity contribution in [2.75, 3.05) is 34.5 Å². The number of benzene rings is 3. The molecule has 0 spiro atoms. The van der Waals surface area contributed by atoms with E-state index in [0.717, 1.165) is 52.9 Å². The number of rotatable bonds is 13. The Morgan fingerprint density at radius 2 is 1.33 bits per heavy atom. The molecule has 4 amide bonds. The van der Waals surface area contributed by atoms with Crippen molar-refractivity contribution in [2.24, 2.45) is 17.8 Å². The number of alkyl carbamates (subject to hydrolysis) is 2. The number of ether oxygens (including phenoxy) is 3. The molecular weight excluding hydrogens is 849 g/mol. The number of nitrogens with one attached hydrogen (secondary N) is 4. The van der Waals surface area contributed by atoms with Crippen LogP contribution in [0.5, 0.6) is 0 Å². The summed E-state index contributed by atoms with van der Waals surface area (Å²) < 4.78 is 15.2. The maximum absolute atomic E-state index is 14.0. The first-order valence-corrected chi connectivity index (χ1v) is 23.9. The maximum atomic E-state index is 14.0. The highest BCUT2D eigenvalue weighted by Gasteiger charge is 2.44. The van der Waals surface area contributed by atoms with Crippen LogP contribution in [0, 0.1) is 17.8 Å². The quantitative estimate of drug-likeness (QED) is 0.0896. The first-order chi connectivity index (χ1) is 32.3. The fourth-order valence-electron chi connectivity index (χ4n) is 11.5. The van der Waals surface area contributed by atoms with Crippen LogP contribution in [0.25, 0.3) is 44.5 Å². The second kappa shape index (κ2) is 18.8. The standard InChI is InChI=1S/C52H64N8O7/c1-27(2)45(57-51(63)66-7)49(61)59-25-30(26-65-6)21-42(59)47-53-24-40(56-47)32-12-10-31(11-13-32)36-17-18-37(44-35-15-14-34(22-35)43(36)44)33-16-19-38-39(23-33)55-48(54-38)41-20-9-29(5)60(41)50(62)46(28(3)4)58-52(64)67-8/h10-13,16-19,23-24,27-30,34-35,41-42,45-46H,9,14-15,20-22,25-26H2,1-8H3,(H,53,56)(H,54,55)(H,57,63)(H,58,64)/t29-,30-,34?,35?,41-,42-,45-,46-/m0/s1. The van der Waals surface area contributed by atoms with Crippen molar-refractivity contribution in [3.8, 4) is 33.5 Å². The van der Waals surface area contributed by atoms with E-state index in [1.54, 1.807) is 7.11 Å². The molecule has 2 aromatic heterocycles. The van der Waals surface area contributed by atoms with Gasteiger partial charge in [-0.15, -0.1) is 0 Å². The summed E-state index contributed by atoms with van der Waals surface area (Å²) in [6.07, 6.45) is 6.43. The molecule has 3 aromatic carbocycles. The Morgan fingerprint density at radius 3 is 1.96 bits per heavy atom. The summed E-state index contributed by atoms with van der Waals surface area (Å²) in [4.78, 5) is 73.2. The molecule has 15 heteroatoms. The van der Waals surface area contributed by atoms with Gasteiger partial charge in [0.25, 0.3) is 0 Å². The molecule has 2 aliphatic heterocycles. The molecule has 15 nitrogen and oxygen atoms in total. The van der Waals surface area contributed by atoms with Crippen LogP contribution in [0.1, 0.15) is 120 Å². The predicted octanol–water partition coefficient (Wildman–Crippen LogP) is 9.00. The van der Waals surface area contributed by atoms with Crippen molar-refractivity contribution in [3.05, 3.63) is 83.6 Å². The molecule has 2 bridgehead atoms. The number of hydrogen-bond donors (Lipinski definition) is 4. The van der Waals surface area contributed by atoms with Crippen LogP contribution in [-0.4, -0.2) is 106 Å². The van der Waals surface area contributed by atoms with E-state index >= 15 is 0 Å². The molecule has 5 aromatic rings. The first-order valence-electron chi connectivity index (χ1n) is 23.9. The third-order valence-corrected chi connectivity index (χ3v) is 14.9. The van der Waals surface area contributed by atoms with Crippen molar-refractivity contribution in [2.45, 2.75) is 115 Å². The van der Waals surface area contributed by atoms with Gasteiger partial charge >= 0.3 is 12.2 Å². The van der Waals surface area contributed by atoms with Gasteiger partial charge < -0.3 is 44.6 Å². The molecule has 4 heterocycles. The zero-order valence-corrected chi connectivity index (χ0v) is 39.9. The molecule has 2 unspecified atom stereocenters. The number of amides is 4. The maximum Gasteiger partial charge on any atom is 0.407 e. The fourth-order valence-corrected chi connectivity index (χ4v) is 11.5. The van der Waals surface area contributed by atoms with Gasteiger partial charge in [0.2, 0.25) is 11.8 Å². The molecular formula is C52H64N8O7. The Hall–Kier alpha value is -6.22. The predicted molar refractivity (Wildman–Crippen MR) is 255 cm³/mol. The van der Waals surface area contributed by atoms with E-state index in [0.29, 0.717) is 37.2 Å². The summed E-state index contributed by atoms with van der Waals surface area (Å²) in [7, 11) is 4.27. The Bertz CT molecular complexity index is 2660. The number of aromatic nitrogens is 4. The van der Waals surface area contributed by atoms with Crippen molar-refractivity contribution >= 4 is 35.0 Å². The third kappa shape index (κ3) is 8.66. The smallest absolute Gasteiger partial charge is 0.407 e. The van der Waals surface area contributed by atoms with Crippen LogP contribution in [0.15, 0.2) is 60.8 Å². The number of fused-ring (bicyclic) bond motifs is 6. The summed E-state index contributed by atoms with van der Waals surface area (Å²) >= 11 is 0. The molecule has 3 fully saturated rings. The van der Waals surface area contributed by atoms with Gasteiger partial charge in [-0.25, -0.2) is 19.6 Å². The largest absolute Gasteiger partial charge is 0.453 e. The Kier molecular flexibility index (Phi) is 12.9. The van der Waals surface area contributed by atoms with Crippen LogP contribution in [0.4, 0.5) is 9.59 Å². The van der Waals surface area contributed by atoms with E-state index in [2.05, 4.69) is 82.1 Å². The van der Waals surface area contributed by atoms with Gasteiger partial charge in [-0.3, -0.25) is 9.59 Å². The Balaban J connectivity index is 0.963. The lowest BCUT2D eigenvalue weighted by Gasteiger charge is -2.32. The average Bonchev–Trinajstić information content (AvgIpc) is 4.20. The van der Waals surface area contributed by atoms with Crippen LogP contribution in [-0.2, 0) is 23.8 Å². The van der Waals surface area contributed by atoms with E-state index in [1.807, 2.05) is 43.7 Å². The van der Waals surface area contributed by atoms with E-state index in [1.165, 1.54) is 54.9 Å². The number of hydrogen-bond acceptors (Lipinski definition) is 9. The fraction of sp³-hybridized carbons (Fsp3) is 0.500. The molecule has 67 heavy (non-hydrogen) atoms. The molecule has 354 valence electrons. The topological polar surface area (TPSA) is 184 Å². The van der Waals surface area contributed by atoms with Gasteiger partial charge in [0.1, 0.15) is 23.7 Å². The van der Waals surface area contributed by atoms with Crippen molar-refractivity contribution < 1.29 is 33.4 Å². The highest BCUT2D eigenvalue weighted by molar-refractivity contribution is 5.89. The number of H-pyrrole nitrogens is 2. The number of imidazole rings is 2. The Labute approximate surface area is 392 Å². The monoisotopic (exact) mass is 912 g/mol. The van der Waals surface area contributed by atoms with Gasteiger partial charge in [0.05, 0.1) is 55.8 Å². The SMILES string of the molecule is COC[C@H]1C[C@@H](c2ncc(-c3ccc(-c4ccc(-c5ccc6[nH]c([C@@H]7CC[C@H](C)N7C(=O)[C@@H](NC(=O)OC)C(C)C)nc6c5)c5c4C4CCC5C4)cc3)[nH]2)N(C(=O)[C@@H](NC(=O)OC)C(C)C)C1. The molecule has 2 aliphatic carbocycles. The van der Waals surface area contributed by atoms with Crippen molar-refractivity contribution in [1.82, 2.24) is 40.4 Å². The summed E-state index contributed by atoms with van der Waals surface area (Å²) in [6.45, 7) is 10.7. The summed E-state index contributed by atoms with van der Waals surface area (Å²) in [6, 6.07) is 17.8. The van der Waals surface area contributed by atoms with Crippen molar-refractivity contribution in [1.29, 1.82) is 0 Å². The van der Waals surface area contributed by atoms with Gasteiger partial charge in [-0.1, -0.05) is 70.2 Å². The highest BCUT2D eigenvalue weighted by Crippen LogP contribution is 2.58. The summed E-state index contributed by atoms with van der Waals surface area (Å²) in [5, 5.41) is 5.50. The number of carbonyl (C=O) groups excluding carboxylic acids is 4. The van der Waals surface area contributed by atoms with E-state index in [4.69, 9.17) is 24.2 Å². The normalized spacial score (nSPS) is 23.0. The van der Waals surface area contributed by atoms with Gasteiger partial charge in [-0.2, -0.15) is 0 Å². The molecule has 9 rings (SSSR count). The van der Waals surface area contributed by atoms with Gasteiger partial charge in [0.15, 0.2) is 0 Å². The van der Waals surface area contributed by atoms with E-state index in [9.17, 15) is 19.2 Å².